The summed E-state index contributed by atoms with van der Waals surface area (Å²) in [5.41, 5.74) is 2.32. The maximum atomic E-state index is 13.4. The Balaban J connectivity index is 1.87. The van der Waals surface area contributed by atoms with Gasteiger partial charge in [-0.15, -0.1) is 0 Å². The number of ether oxygens (including phenoxy) is 1. The molecular weight excluding hydrogens is 479 g/mol. The number of carbonyl (C=O) groups excluding carboxylic acids is 1. The van der Waals surface area contributed by atoms with Crippen LogP contribution in [0.2, 0.25) is 10.0 Å². The van der Waals surface area contributed by atoms with Gasteiger partial charge in [0.15, 0.2) is 4.80 Å². The summed E-state index contributed by atoms with van der Waals surface area (Å²) in [6.45, 7) is 3.73. The zero-order valence-corrected chi connectivity index (χ0v) is 20.2. The molecule has 0 fully saturated rings. The van der Waals surface area contributed by atoms with Crippen LogP contribution in [-0.4, -0.2) is 17.1 Å². The second-order valence-corrected chi connectivity index (χ2v) is 9.11. The SMILES string of the molecule is CCOC(=O)C1=C(C)N=c2s/c(=C\c3ccc(Cl)c(Cl)c3)c(=O)n2[C@H]1/C=C/c1ccccc1. The van der Waals surface area contributed by atoms with E-state index in [-0.39, 0.29) is 12.2 Å². The lowest BCUT2D eigenvalue weighted by Crippen LogP contribution is -2.38. The number of allylic oxidation sites excluding steroid dienone is 2. The van der Waals surface area contributed by atoms with Gasteiger partial charge >= 0.3 is 5.97 Å². The minimum atomic E-state index is -0.642. The van der Waals surface area contributed by atoms with Crippen LogP contribution in [0.3, 0.4) is 0 Å². The van der Waals surface area contributed by atoms with E-state index >= 15 is 0 Å². The molecule has 0 unspecified atom stereocenters. The molecule has 0 amide bonds. The third kappa shape index (κ3) is 4.88. The van der Waals surface area contributed by atoms with E-state index in [0.29, 0.717) is 30.6 Å². The summed E-state index contributed by atoms with van der Waals surface area (Å²) in [4.78, 5) is 31.3. The maximum Gasteiger partial charge on any atom is 0.338 e. The monoisotopic (exact) mass is 498 g/mol. The predicted molar refractivity (Wildman–Crippen MR) is 133 cm³/mol. The quantitative estimate of drug-likeness (QED) is 0.476. The molecule has 2 aromatic carbocycles. The Labute approximate surface area is 204 Å². The van der Waals surface area contributed by atoms with E-state index in [4.69, 9.17) is 27.9 Å². The van der Waals surface area contributed by atoms with E-state index in [0.717, 1.165) is 11.1 Å². The second kappa shape index (κ2) is 9.91. The fourth-order valence-corrected chi connectivity index (χ4v) is 4.90. The molecule has 1 aliphatic rings. The number of esters is 1. The van der Waals surface area contributed by atoms with E-state index in [9.17, 15) is 9.59 Å². The van der Waals surface area contributed by atoms with Crippen LogP contribution in [0.4, 0.5) is 0 Å². The number of carbonyl (C=O) groups is 1. The van der Waals surface area contributed by atoms with Crippen LogP contribution in [0.25, 0.3) is 12.2 Å². The first-order valence-corrected chi connectivity index (χ1v) is 11.8. The molecule has 33 heavy (non-hydrogen) atoms. The number of thiazole rings is 1. The van der Waals surface area contributed by atoms with Crippen molar-refractivity contribution in [3.05, 3.63) is 107 Å². The average Bonchev–Trinajstić information content (AvgIpc) is 3.09. The minimum Gasteiger partial charge on any atom is -0.463 e. The standard InChI is InChI=1S/C25H20Cl2N2O3S/c1-3-32-24(31)22-15(2)28-25-29(20(22)12-10-16-7-5-4-6-8-16)23(30)21(33-25)14-17-9-11-18(26)19(27)13-17/h4-14,20H,3H2,1-2H3/b12-10+,21-14-/t20-/m0/s1. The molecule has 0 N–H and O–H groups in total. The number of hydrogen-bond acceptors (Lipinski definition) is 5. The molecule has 3 aromatic rings. The number of benzene rings is 2. The fraction of sp³-hybridized carbons (Fsp3) is 0.160. The molecule has 0 saturated carbocycles. The second-order valence-electron chi connectivity index (χ2n) is 7.29. The number of halogens is 2. The van der Waals surface area contributed by atoms with Crippen LogP contribution in [0, 0.1) is 0 Å². The summed E-state index contributed by atoms with van der Waals surface area (Å²) in [5, 5.41) is 0.846. The van der Waals surface area contributed by atoms with Crippen molar-refractivity contribution in [3.8, 4) is 0 Å². The molecule has 1 aliphatic heterocycles. The first-order chi connectivity index (χ1) is 15.9. The largest absolute Gasteiger partial charge is 0.463 e. The Kier molecular flexibility index (Phi) is 6.98. The van der Waals surface area contributed by atoms with Crippen molar-refractivity contribution in [3.63, 3.8) is 0 Å². The van der Waals surface area contributed by atoms with Gasteiger partial charge in [0, 0.05) is 0 Å². The number of nitrogens with zero attached hydrogens (tertiary/aromatic N) is 2. The van der Waals surface area contributed by atoms with Gasteiger partial charge in [-0.2, -0.15) is 0 Å². The summed E-state index contributed by atoms with van der Waals surface area (Å²) in [7, 11) is 0. The van der Waals surface area contributed by atoms with Crippen molar-refractivity contribution in [2.45, 2.75) is 19.9 Å². The van der Waals surface area contributed by atoms with Crippen LogP contribution in [0.1, 0.15) is 31.0 Å². The third-order valence-electron chi connectivity index (χ3n) is 5.07. The summed E-state index contributed by atoms with van der Waals surface area (Å²) in [6.07, 6.45) is 5.46. The molecule has 0 saturated heterocycles. The van der Waals surface area contributed by atoms with Crippen LogP contribution >= 0.6 is 34.5 Å². The molecule has 0 radical (unpaired) electrons. The van der Waals surface area contributed by atoms with Crippen LogP contribution < -0.4 is 14.9 Å². The van der Waals surface area contributed by atoms with Gasteiger partial charge in [0.25, 0.3) is 5.56 Å². The maximum absolute atomic E-state index is 13.4. The fourth-order valence-electron chi connectivity index (χ4n) is 3.54. The molecule has 8 heteroatoms. The lowest BCUT2D eigenvalue weighted by molar-refractivity contribution is -0.139. The van der Waals surface area contributed by atoms with Gasteiger partial charge in [-0.3, -0.25) is 9.36 Å². The first kappa shape index (κ1) is 23.2. The van der Waals surface area contributed by atoms with Gasteiger partial charge in [0.1, 0.15) is 0 Å². The molecule has 0 spiro atoms. The normalized spacial score (nSPS) is 16.1. The van der Waals surface area contributed by atoms with Crippen LogP contribution in [-0.2, 0) is 9.53 Å². The number of hydrogen-bond donors (Lipinski definition) is 0. The van der Waals surface area contributed by atoms with Gasteiger partial charge in [-0.1, -0.05) is 83.1 Å². The van der Waals surface area contributed by atoms with E-state index in [2.05, 4.69) is 4.99 Å². The summed E-state index contributed by atoms with van der Waals surface area (Å²) in [5.74, 6) is -0.486. The van der Waals surface area contributed by atoms with Gasteiger partial charge in [-0.25, -0.2) is 9.79 Å². The van der Waals surface area contributed by atoms with Crippen molar-refractivity contribution in [1.82, 2.24) is 4.57 Å². The number of rotatable bonds is 5. The highest BCUT2D eigenvalue weighted by atomic mass is 35.5. The highest BCUT2D eigenvalue weighted by molar-refractivity contribution is 7.07. The average molecular weight is 499 g/mol. The van der Waals surface area contributed by atoms with Gasteiger partial charge < -0.3 is 4.74 Å². The van der Waals surface area contributed by atoms with Crippen molar-refractivity contribution in [2.24, 2.45) is 4.99 Å². The van der Waals surface area contributed by atoms with Crippen molar-refractivity contribution >= 4 is 52.7 Å². The highest BCUT2D eigenvalue weighted by Gasteiger charge is 2.30. The Hall–Kier alpha value is -2.93. The van der Waals surface area contributed by atoms with Crippen molar-refractivity contribution in [1.29, 1.82) is 0 Å². The zero-order chi connectivity index (χ0) is 23.5. The summed E-state index contributed by atoms with van der Waals surface area (Å²) >= 11 is 13.4. The smallest absolute Gasteiger partial charge is 0.338 e. The van der Waals surface area contributed by atoms with E-state index in [1.54, 1.807) is 38.1 Å². The predicted octanol–water partition coefficient (Wildman–Crippen LogP) is 4.77. The highest BCUT2D eigenvalue weighted by Crippen LogP contribution is 2.27. The molecular formula is C25H20Cl2N2O3S. The van der Waals surface area contributed by atoms with Crippen molar-refractivity contribution < 1.29 is 9.53 Å². The molecule has 5 nitrogen and oxygen atoms in total. The summed E-state index contributed by atoms with van der Waals surface area (Å²) < 4.78 is 7.29. The number of fused-ring (bicyclic) bond motifs is 1. The topological polar surface area (TPSA) is 60.7 Å². The molecule has 0 aliphatic carbocycles. The zero-order valence-electron chi connectivity index (χ0n) is 17.9. The number of aromatic nitrogens is 1. The van der Waals surface area contributed by atoms with Crippen LogP contribution in [0.15, 0.2) is 75.7 Å². The van der Waals surface area contributed by atoms with Gasteiger partial charge in [0.05, 0.1) is 38.5 Å². The molecule has 1 aromatic heterocycles. The lowest BCUT2D eigenvalue weighted by Gasteiger charge is -2.21. The Morgan fingerprint density at radius 3 is 2.61 bits per heavy atom. The molecule has 4 rings (SSSR count). The molecule has 1 atom stereocenters. The Morgan fingerprint density at radius 2 is 1.91 bits per heavy atom. The van der Waals surface area contributed by atoms with E-state index in [1.165, 1.54) is 15.9 Å². The van der Waals surface area contributed by atoms with Crippen molar-refractivity contribution in [2.75, 3.05) is 6.61 Å². The lowest BCUT2D eigenvalue weighted by atomic mass is 10.0. The van der Waals surface area contributed by atoms with E-state index < -0.39 is 12.0 Å². The third-order valence-corrected chi connectivity index (χ3v) is 6.79. The summed E-state index contributed by atoms with van der Waals surface area (Å²) in [6, 6.07) is 14.2. The Morgan fingerprint density at radius 1 is 1.15 bits per heavy atom. The molecule has 0 bridgehead atoms. The van der Waals surface area contributed by atoms with Crippen LogP contribution in [0.5, 0.6) is 0 Å². The molecule has 2 heterocycles. The minimum absolute atomic E-state index is 0.229. The molecule has 168 valence electrons. The Bertz CT molecular complexity index is 1450. The van der Waals surface area contributed by atoms with E-state index in [1.807, 2.05) is 42.5 Å². The van der Waals surface area contributed by atoms with Gasteiger partial charge in [-0.05, 0) is 43.2 Å². The first-order valence-electron chi connectivity index (χ1n) is 10.3. The van der Waals surface area contributed by atoms with Gasteiger partial charge in [0.2, 0.25) is 0 Å².